The highest BCUT2D eigenvalue weighted by molar-refractivity contribution is 7.89. The van der Waals surface area contributed by atoms with E-state index in [9.17, 15) is 8.42 Å². The molecule has 33 heavy (non-hydrogen) atoms. The fourth-order valence-electron chi connectivity index (χ4n) is 4.01. The Morgan fingerprint density at radius 1 is 1.24 bits per heavy atom. The summed E-state index contributed by atoms with van der Waals surface area (Å²) in [6.45, 7) is 2.49. The van der Waals surface area contributed by atoms with E-state index < -0.39 is 17.0 Å². The predicted molar refractivity (Wildman–Crippen MR) is 131 cm³/mol. The first-order chi connectivity index (χ1) is 17.0. The zero-order valence-electron chi connectivity index (χ0n) is 22.0. The predicted octanol–water partition coefficient (Wildman–Crippen LogP) is 2.98. The number of aromatic amines is 1. The highest BCUT2D eigenvalue weighted by Crippen LogP contribution is 2.33. The summed E-state index contributed by atoms with van der Waals surface area (Å²) < 4.78 is 58.8. The smallest absolute Gasteiger partial charge is 0.243 e. The number of aryl methyl sites for hydroxylation is 2. The van der Waals surface area contributed by atoms with E-state index in [4.69, 9.17) is 21.1 Å². The van der Waals surface area contributed by atoms with Crippen molar-refractivity contribution in [3.05, 3.63) is 28.5 Å². The number of hydrogen-bond acceptors (Lipinski definition) is 7. The molecule has 1 aliphatic rings. The second-order valence-electron chi connectivity index (χ2n) is 7.92. The lowest BCUT2D eigenvalue weighted by atomic mass is 10.1. The first-order valence-corrected chi connectivity index (χ1v) is 12.8. The maximum absolute atomic E-state index is 13.5. The maximum Gasteiger partial charge on any atom is 0.243 e. The van der Waals surface area contributed by atoms with Crippen LogP contribution in [0.2, 0.25) is 0 Å². The number of rotatable bonds is 7. The molecule has 1 N–H and O–H groups in total. The lowest BCUT2D eigenvalue weighted by molar-refractivity contribution is 0.222. The van der Waals surface area contributed by atoms with E-state index in [1.54, 1.807) is 10.7 Å². The Labute approximate surface area is 203 Å². The second kappa shape index (κ2) is 9.49. The normalized spacial score (nSPS) is 17.6. The van der Waals surface area contributed by atoms with Crippen molar-refractivity contribution in [2.45, 2.75) is 31.6 Å². The minimum absolute atomic E-state index is 0.0736. The van der Waals surface area contributed by atoms with Crippen molar-refractivity contribution < 1.29 is 17.3 Å². The van der Waals surface area contributed by atoms with Crippen molar-refractivity contribution in [2.24, 2.45) is 7.05 Å². The summed E-state index contributed by atoms with van der Waals surface area (Å²) >= 11 is 5.57. The van der Waals surface area contributed by atoms with Crippen molar-refractivity contribution in [3.8, 4) is 17.1 Å². The van der Waals surface area contributed by atoms with Crippen LogP contribution in [0.4, 0.5) is 0 Å². The molecule has 0 spiro atoms. The van der Waals surface area contributed by atoms with E-state index in [2.05, 4.69) is 22.0 Å². The molecule has 3 aromatic rings. The summed E-state index contributed by atoms with van der Waals surface area (Å²) in [6.07, 6.45) is 1.65. The molecule has 178 valence electrons. The number of nitrogens with zero attached hydrogens (tertiary/aromatic N) is 5. The summed E-state index contributed by atoms with van der Waals surface area (Å²) in [4.78, 5) is 9.26. The number of benzene rings is 1. The Hall–Kier alpha value is -2.34. The van der Waals surface area contributed by atoms with E-state index in [1.165, 1.54) is 21.3 Å². The summed E-state index contributed by atoms with van der Waals surface area (Å²) in [5.74, 6) is 0.868. The van der Waals surface area contributed by atoms with Crippen LogP contribution in [0.1, 0.15) is 30.1 Å². The molecular weight excluding hydrogens is 460 g/mol. The zero-order chi connectivity index (χ0) is 26.3. The molecule has 2 aromatic heterocycles. The summed E-state index contributed by atoms with van der Waals surface area (Å²) in [7, 11) is -2.06. The van der Waals surface area contributed by atoms with Crippen LogP contribution in [0.5, 0.6) is 5.75 Å². The molecule has 11 heteroatoms. The lowest BCUT2D eigenvalue weighted by Gasteiger charge is -2.31. The van der Waals surface area contributed by atoms with Gasteiger partial charge in [0, 0.05) is 37.3 Å². The van der Waals surface area contributed by atoms with Gasteiger partial charge in [0.1, 0.15) is 17.1 Å². The van der Waals surface area contributed by atoms with Crippen molar-refractivity contribution in [1.29, 1.82) is 0 Å². The van der Waals surface area contributed by atoms with Crippen LogP contribution in [0.25, 0.3) is 22.4 Å². The van der Waals surface area contributed by atoms with Gasteiger partial charge in [0.15, 0.2) is 4.64 Å². The van der Waals surface area contributed by atoms with Crippen LogP contribution in [-0.2, 0) is 23.5 Å². The summed E-state index contributed by atoms with van der Waals surface area (Å²) in [5, 5.41) is 4.58. The van der Waals surface area contributed by atoms with Crippen molar-refractivity contribution >= 4 is 33.3 Å². The number of fused-ring (bicyclic) bond motifs is 1. The van der Waals surface area contributed by atoms with Gasteiger partial charge in [-0.3, -0.25) is 4.68 Å². The Balaban J connectivity index is 1.77. The van der Waals surface area contributed by atoms with E-state index >= 15 is 0 Å². The van der Waals surface area contributed by atoms with E-state index in [0.717, 1.165) is 24.1 Å². The second-order valence-corrected chi connectivity index (χ2v) is 10.2. The van der Waals surface area contributed by atoms with Crippen molar-refractivity contribution in [2.75, 3.05) is 39.8 Å². The highest BCUT2D eigenvalue weighted by atomic mass is 32.2. The quantitative estimate of drug-likeness (QED) is 0.506. The van der Waals surface area contributed by atoms with Gasteiger partial charge in [-0.25, -0.2) is 13.4 Å². The molecule has 1 fully saturated rings. The average molecular weight is 494 g/mol. The lowest BCUT2D eigenvalue weighted by Crippen LogP contribution is -2.47. The number of hydrogen-bond donors (Lipinski definition) is 1. The van der Waals surface area contributed by atoms with Crippen molar-refractivity contribution in [3.63, 3.8) is 0 Å². The van der Waals surface area contributed by atoms with E-state index in [0.29, 0.717) is 33.9 Å². The van der Waals surface area contributed by atoms with Crippen LogP contribution >= 0.6 is 12.2 Å². The van der Waals surface area contributed by atoms with Crippen molar-refractivity contribution in [1.82, 2.24) is 29.0 Å². The number of likely N-dealkylation sites (N-methyl/N-ethyl adjacent to an activating group) is 1. The number of aromatic nitrogens is 4. The van der Waals surface area contributed by atoms with Gasteiger partial charge >= 0.3 is 0 Å². The van der Waals surface area contributed by atoms with Gasteiger partial charge < -0.3 is 14.6 Å². The first kappa shape index (κ1) is 20.1. The molecule has 1 aliphatic heterocycles. The van der Waals surface area contributed by atoms with Gasteiger partial charge in [-0.1, -0.05) is 25.6 Å². The Kier molecular flexibility index (Phi) is 5.77. The standard InChI is InChI=1S/C22H30N6O3S2/c1-5-7-17-19-20(27(4)25-17)22(32)24-21(23-19)16-14-15(8-9-18(16)31-6-2)33(29,30)28-12-10-26(3)11-13-28/h8-9,14H,5-7,10-13H2,1-4H3,(H,23,24,32)/i3D3. The molecular formula is C22H30N6O3S2. The SMILES string of the molecule is [2H]C([2H])([2H])N1CCN(S(=O)(=O)c2ccc(OCC)c(-c3nc(=S)c4c([nH]3)c(CCC)nn4C)c2)CC1. The fraction of sp³-hybridized carbons (Fsp3) is 0.500. The Morgan fingerprint density at radius 2 is 2.00 bits per heavy atom. The minimum atomic E-state index is -3.88. The molecule has 0 radical (unpaired) electrons. The van der Waals surface area contributed by atoms with Crippen LogP contribution < -0.4 is 4.74 Å². The van der Waals surface area contributed by atoms with Gasteiger partial charge in [0.2, 0.25) is 10.0 Å². The van der Waals surface area contributed by atoms with Gasteiger partial charge in [-0.05, 0) is 38.5 Å². The number of piperazine rings is 1. The Morgan fingerprint density at radius 3 is 2.67 bits per heavy atom. The van der Waals surface area contributed by atoms with Crippen LogP contribution in [0.3, 0.4) is 0 Å². The summed E-state index contributed by atoms with van der Waals surface area (Å²) in [5.41, 5.74) is 2.81. The molecule has 0 saturated carbocycles. The molecule has 9 nitrogen and oxygen atoms in total. The van der Waals surface area contributed by atoms with E-state index in [-0.39, 0.29) is 31.1 Å². The monoisotopic (exact) mass is 493 g/mol. The molecule has 4 rings (SSSR count). The number of H-pyrrole nitrogens is 1. The fourth-order valence-corrected chi connectivity index (χ4v) is 5.78. The molecule has 0 atom stereocenters. The van der Waals surface area contributed by atoms with Crippen LogP contribution in [0, 0.1) is 4.64 Å². The van der Waals surface area contributed by atoms with Crippen LogP contribution in [-0.4, -0.2) is 77.1 Å². The third-order valence-electron chi connectivity index (χ3n) is 5.65. The summed E-state index contributed by atoms with van der Waals surface area (Å²) in [6, 6.07) is 4.65. The van der Waals surface area contributed by atoms with Gasteiger partial charge in [0.05, 0.1) is 28.3 Å². The van der Waals surface area contributed by atoms with E-state index in [1.807, 2.05) is 14.0 Å². The third kappa shape index (κ3) is 4.54. The topological polar surface area (TPSA) is 96.3 Å². The molecule has 0 bridgehead atoms. The molecule has 0 amide bonds. The molecule has 1 saturated heterocycles. The minimum Gasteiger partial charge on any atom is -0.493 e. The number of nitrogens with one attached hydrogen (secondary N) is 1. The number of ether oxygens (including phenoxy) is 1. The van der Waals surface area contributed by atoms with Gasteiger partial charge in [-0.15, -0.1) is 0 Å². The highest BCUT2D eigenvalue weighted by Gasteiger charge is 2.28. The molecule has 3 heterocycles. The largest absolute Gasteiger partial charge is 0.493 e. The van der Waals surface area contributed by atoms with Gasteiger partial charge in [0.25, 0.3) is 0 Å². The first-order valence-electron chi connectivity index (χ1n) is 12.5. The zero-order valence-corrected chi connectivity index (χ0v) is 20.6. The molecule has 0 unspecified atom stereocenters. The third-order valence-corrected chi connectivity index (χ3v) is 7.83. The maximum atomic E-state index is 13.5. The Bertz CT molecular complexity index is 1430. The van der Waals surface area contributed by atoms with Gasteiger partial charge in [-0.2, -0.15) is 9.40 Å². The molecule has 0 aliphatic carbocycles. The number of sulfonamides is 1. The molecule has 1 aromatic carbocycles. The average Bonchev–Trinajstić information content (AvgIpc) is 3.14. The van der Waals surface area contributed by atoms with Crippen LogP contribution in [0.15, 0.2) is 23.1 Å².